The van der Waals surface area contributed by atoms with Crippen molar-refractivity contribution in [1.82, 2.24) is 4.90 Å². The van der Waals surface area contributed by atoms with Gasteiger partial charge < -0.3 is 15.1 Å². The Hall–Kier alpha value is -2.49. The zero-order valence-electron chi connectivity index (χ0n) is 10.6. The van der Waals surface area contributed by atoms with Crippen LogP contribution in [-0.4, -0.2) is 28.1 Å². The first kappa shape index (κ1) is 13.0. The number of carbonyl (C=O) groups excluding carboxylic acids is 1. The van der Waals surface area contributed by atoms with Gasteiger partial charge in [-0.05, 0) is 17.7 Å². The van der Waals surface area contributed by atoms with E-state index in [-0.39, 0.29) is 23.0 Å². The summed E-state index contributed by atoms with van der Waals surface area (Å²) >= 11 is 0. The lowest BCUT2D eigenvalue weighted by molar-refractivity contribution is 0.0781. The lowest BCUT2D eigenvalue weighted by Gasteiger charge is -2.18. The van der Waals surface area contributed by atoms with Crippen LogP contribution in [-0.2, 0) is 6.54 Å². The highest BCUT2D eigenvalue weighted by atomic mass is 16.3. The highest BCUT2D eigenvalue weighted by Crippen LogP contribution is 2.29. The Kier molecular flexibility index (Phi) is 3.71. The molecule has 0 fully saturated rings. The van der Waals surface area contributed by atoms with Crippen LogP contribution < -0.4 is 0 Å². The predicted molar refractivity (Wildman–Crippen MR) is 72.0 cm³/mol. The minimum atomic E-state index is -0.382. The summed E-state index contributed by atoms with van der Waals surface area (Å²) in [6, 6.07) is 13.9. The third-order valence-corrected chi connectivity index (χ3v) is 2.85. The zero-order valence-corrected chi connectivity index (χ0v) is 10.6. The van der Waals surface area contributed by atoms with Crippen LogP contribution in [0.15, 0.2) is 48.5 Å². The minimum absolute atomic E-state index is 0.0958. The second kappa shape index (κ2) is 5.44. The Morgan fingerprint density at radius 2 is 1.74 bits per heavy atom. The van der Waals surface area contributed by atoms with Crippen LogP contribution in [0.4, 0.5) is 0 Å². The van der Waals surface area contributed by atoms with E-state index in [0.717, 1.165) is 5.56 Å². The van der Waals surface area contributed by atoms with E-state index in [2.05, 4.69) is 0 Å². The molecule has 2 N–H and O–H groups in total. The molecule has 0 heterocycles. The average molecular weight is 257 g/mol. The number of aromatic hydroxyl groups is 2. The molecule has 0 saturated heterocycles. The van der Waals surface area contributed by atoms with Crippen LogP contribution in [0.5, 0.6) is 11.5 Å². The number of nitrogens with zero attached hydrogens (tertiary/aromatic N) is 1. The van der Waals surface area contributed by atoms with E-state index in [4.69, 9.17) is 0 Å². The van der Waals surface area contributed by atoms with Gasteiger partial charge in [-0.1, -0.05) is 36.4 Å². The number of hydrogen-bond donors (Lipinski definition) is 2. The maximum atomic E-state index is 12.2. The molecular formula is C15H15NO3. The van der Waals surface area contributed by atoms with Crippen molar-refractivity contribution in [3.8, 4) is 11.5 Å². The largest absolute Gasteiger partial charge is 0.504 e. The Morgan fingerprint density at radius 3 is 2.42 bits per heavy atom. The molecule has 1 amide bonds. The number of hydrogen-bond acceptors (Lipinski definition) is 3. The fourth-order valence-corrected chi connectivity index (χ4v) is 1.84. The molecule has 0 atom stereocenters. The van der Waals surface area contributed by atoms with E-state index in [1.165, 1.54) is 23.1 Å². The zero-order chi connectivity index (χ0) is 13.8. The first-order chi connectivity index (χ1) is 9.09. The normalized spacial score (nSPS) is 10.2. The quantitative estimate of drug-likeness (QED) is 0.830. The Bertz CT molecular complexity index is 581. The minimum Gasteiger partial charge on any atom is -0.504 e. The van der Waals surface area contributed by atoms with Crippen molar-refractivity contribution in [2.24, 2.45) is 0 Å². The number of amides is 1. The van der Waals surface area contributed by atoms with Crippen molar-refractivity contribution in [2.45, 2.75) is 6.54 Å². The predicted octanol–water partition coefficient (Wildman–Crippen LogP) is 2.37. The van der Waals surface area contributed by atoms with Crippen LogP contribution in [0.1, 0.15) is 15.9 Å². The van der Waals surface area contributed by atoms with Gasteiger partial charge in [-0.3, -0.25) is 4.79 Å². The van der Waals surface area contributed by atoms with Crippen molar-refractivity contribution < 1.29 is 15.0 Å². The van der Waals surface area contributed by atoms with Gasteiger partial charge in [0.1, 0.15) is 0 Å². The molecule has 0 aliphatic heterocycles. The van der Waals surface area contributed by atoms with E-state index in [1.54, 1.807) is 7.05 Å². The topological polar surface area (TPSA) is 60.8 Å². The van der Waals surface area contributed by atoms with Gasteiger partial charge in [-0.15, -0.1) is 0 Å². The third kappa shape index (κ3) is 2.85. The van der Waals surface area contributed by atoms with Crippen molar-refractivity contribution in [1.29, 1.82) is 0 Å². The molecule has 0 aliphatic rings. The summed E-state index contributed by atoms with van der Waals surface area (Å²) in [4.78, 5) is 13.7. The highest BCUT2D eigenvalue weighted by Gasteiger charge is 2.17. The molecule has 98 valence electrons. The van der Waals surface area contributed by atoms with Crippen LogP contribution in [0.25, 0.3) is 0 Å². The van der Waals surface area contributed by atoms with Crippen LogP contribution in [0.3, 0.4) is 0 Å². The first-order valence-corrected chi connectivity index (χ1v) is 5.90. The van der Waals surface area contributed by atoms with Crippen molar-refractivity contribution in [3.05, 3.63) is 59.7 Å². The summed E-state index contributed by atoms with van der Waals surface area (Å²) in [6.07, 6.45) is 0. The first-order valence-electron chi connectivity index (χ1n) is 5.90. The van der Waals surface area contributed by atoms with Gasteiger partial charge in [-0.2, -0.15) is 0 Å². The van der Waals surface area contributed by atoms with E-state index in [1.807, 2.05) is 30.3 Å². The van der Waals surface area contributed by atoms with Crippen LogP contribution >= 0.6 is 0 Å². The smallest absolute Gasteiger partial charge is 0.257 e. The molecular weight excluding hydrogens is 242 g/mol. The van der Waals surface area contributed by atoms with Crippen molar-refractivity contribution in [3.63, 3.8) is 0 Å². The molecule has 2 rings (SSSR count). The summed E-state index contributed by atoms with van der Waals surface area (Å²) in [5.41, 5.74) is 1.09. The standard InChI is InChI=1S/C15H15NO3/c1-16(10-11-6-3-2-4-7-11)15(19)12-8-5-9-13(17)14(12)18/h2-9,17-18H,10H2,1H3. The highest BCUT2D eigenvalue weighted by molar-refractivity contribution is 5.97. The summed E-state index contributed by atoms with van der Waals surface area (Å²) < 4.78 is 0. The SMILES string of the molecule is CN(Cc1ccccc1)C(=O)c1cccc(O)c1O. The summed E-state index contributed by atoms with van der Waals surface area (Å²) in [5.74, 6) is -1.01. The molecule has 19 heavy (non-hydrogen) atoms. The molecule has 0 bridgehead atoms. The number of carbonyl (C=O) groups is 1. The van der Waals surface area contributed by atoms with Crippen LogP contribution in [0.2, 0.25) is 0 Å². The molecule has 4 heteroatoms. The molecule has 0 aromatic heterocycles. The molecule has 4 nitrogen and oxygen atoms in total. The van der Waals surface area contributed by atoms with Gasteiger partial charge >= 0.3 is 0 Å². The average Bonchev–Trinajstić information content (AvgIpc) is 2.42. The van der Waals surface area contributed by atoms with E-state index >= 15 is 0 Å². The maximum Gasteiger partial charge on any atom is 0.257 e. The van der Waals surface area contributed by atoms with Crippen LogP contribution in [0, 0.1) is 0 Å². The van der Waals surface area contributed by atoms with Gasteiger partial charge in [0.2, 0.25) is 0 Å². The summed E-state index contributed by atoms with van der Waals surface area (Å²) in [7, 11) is 1.65. The molecule has 2 aromatic rings. The van der Waals surface area contributed by atoms with E-state index in [0.29, 0.717) is 6.54 Å². The molecule has 2 aromatic carbocycles. The van der Waals surface area contributed by atoms with E-state index < -0.39 is 0 Å². The lowest BCUT2D eigenvalue weighted by atomic mass is 10.1. The molecule has 0 unspecified atom stereocenters. The van der Waals surface area contributed by atoms with Gasteiger partial charge in [0, 0.05) is 13.6 Å². The fraction of sp³-hybridized carbons (Fsp3) is 0.133. The Labute approximate surface area is 111 Å². The molecule has 0 saturated carbocycles. The van der Waals surface area contributed by atoms with Gasteiger partial charge in [0.25, 0.3) is 5.91 Å². The van der Waals surface area contributed by atoms with Gasteiger partial charge in [-0.25, -0.2) is 0 Å². The number of rotatable bonds is 3. The number of benzene rings is 2. The molecule has 0 radical (unpaired) electrons. The molecule has 0 spiro atoms. The number of phenolic OH excluding ortho intramolecular Hbond substituents is 2. The molecule has 0 aliphatic carbocycles. The number of phenols is 2. The fourth-order valence-electron chi connectivity index (χ4n) is 1.84. The third-order valence-electron chi connectivity index (χ3n) is 2.85. The lowest BCUT2D eigenvalue weighted by Crippen LogP contribution is -2.26. The summed E-state index contributed by atoms with van der Waals surface area (Å²) in [6.45, 7) is 0.439. The van der Waals surface area contributed by atoms with Gasteiger partial charge in [0.05, 0.1) is 5.56 Å². The monoisotopic (exact) mass is 257 g/mol. The Balaban J connectivity index is 2.18. The summed E-state index contributed by atoms with van der Waals surface area (Å²) in [5, 5.41) is 19.1. The second-order valence-electron chi connectivity index (χ2n) is 4.32. The van der Waals surface area contributed by atoms with E-state index in [9.17, 15) is 15.0 Å². The Morgan fingerprint density at radius 1 is 1.05 bits per heavy atom. The van der Waals surface area contributed by atoms with Gasteiger partial charge in [0.15, 0.2) is 11.5 Å². The van der Waals surface area contributed by atoms with Crippen molar-refractivity contribution in [2.75, 3.05) is 7.05 Å². The maximum absolute atomic E-state index is 12.2. The second-order valence-corrected chi connectivity index (χ2v) is 4.32. The number of para-hydroxylation sites is 1. The van der Waals surface area contributed by atoms with Crippen molar-refractivity contribution >= 4 is 5.91 Å².